The van der Waals surface area contributed by atoms with Crippen LogP contribution in [0.2, 0.25) is 0 Å². The molecule has 112 valence electrons. The molecule has 0 unspecified atom stereocenters. The van der Waals surface area contributed by atoms with Crippen LogP contribution in [0.4, 0.5) is 0 Å². The van der Waals surface area contributed by atoms with Crippen LogP contribution in [0.25, 0.3) is 0 Å². The molecule has 0 saturated carbocycles. The van der Waals surface area contributed by atoms with Crippen molar-refractivity contribution in [2.24, 2.45) is 5.10 Å². The predicted octanol–water partition coefficient (Wildman–Crippen LogP) is 0.914. The van der Waals surface area contributed by atoms with Gasteiger partial charge in [0.1, 0.15) is 0 Å². The minimum absolute atomic E-state index is 0.0844. The molecule has 2 heterocycles. The lowest BCUT2D eigenvalue weighted by Crippen LogP contribution is -2.40. The predicted molar refractivity (Wildman–Crippen MR) is 82.1 cm³/mol. The quantitative estimate of drug-likeness (QED) is 0.662. The zero-order valence-electron chi connectivity index (χ0n) is 11.6. The summed E-state index contributed by atoms with van der Waals surface area (Å²) in [5.74, 6) is 3.54. The third-order valence-corrected chi connectivity index (χ3v) is 4.21. The normalized spacial score (nSPS) is 18.1. The van der Waals surface area contributed by atoms with Crippen LogP contribution in [0.3, 0.4) is 0 Å². The fourth-order valence-corrected chi connectivity index (χ4v) is 3.15. The van der Waals surface area contributed by atoms with Gasteiger partial charge in [0.15, 0.2) is 11.5 Å². The minimum Gasteiger partial charge on any atom is -0.454 e. The second-order valence-electron chi connectivity index (χ2n) is 4.79. The maximum atomic E-state index is 11.8. The van der Waals surface area contributed by atoms with Gasteiger partial charge in [-0.1, -0.05) is 0 Å². The van der Waals surface area contributed by atoms with Crippen molar-refractivity contribution < 1.29 is 14.3 Å². The smallest absolute Gasteiger partial charge is 0.254 e. The molecule has 0 aliphatic carbocycles. The van der Waals surface area contributed by atoms with Gasteiger partial charge in [-0.2, -0.15) is 16.9 Å². The molecular formula is C14H17N3O3S. The largest absolute Gasteiger partial charge is 0.454 e. The molecule has 1 amide bonds. The number of benzene rings is 1. The van der Waals surface area contributed by atoms with E-state index >= 15 is 0 Å². The number of fused-ring (bicyclic) bond motifs is 1. The van der Waals surface area contributed by atoms with E-state index in [-0.39, 0.29) is 12.7 Å². The zero-order chi connectivity index (χ0) is 14.5. The summed E-state index contributed by atoms with van der Waals surface area (Å²) in [6, 6.07) is 5.53. The van der Waals surface area contributed by atoms with Crippen LogP contribution in [0.1, 0.15) is 5.56 Å². The SMILES string of the molecule is O=C(CN1CCSCC1)NN=Cc1ccc2c(c1)OCO2. The molecule has 0 atom stereocenters. The van der Waals surface area contributed by atoms with Crippen LogP contribution in [-0.2, 0) is 4.79 Å². The molecule has 1 aromatic rings. The van der Waals surface area contributed by atoms with Crippen LogP contribution in [0.15, 0.2) is 23.3 Å². The van der Waals surface area contributed by atoms with Crippen LogP contribution in [0.5, 0.6) is 11.5 Å². The Morgan fingerprint density at radius 1 is 1.33 bits per heavy atom. The molecule has 0 spiro atoms. The van der Waals surface area contributed by atoms with Crippen LogP contribution in [-0.4, -0.2) is 55.0 Å². The minimum atomic E-state index is -0.0844. The summed E-state index contributed by atoms with van der Waals surface area (Å²) < 4.78 is 10.5. The number of thioether (sulfide) groups is 1. The zero-order valence-corrected chi connectivity index (χ0v) is 12.4. The van der Waals surface area contributed by atoms with Crippen molar-refractivity contribution in [3.8, 4) is 11.5 Å². The number of ether oxygens (including phenoxy) is 2. The first-order valence-corrected chi connectivity index (χ1v) is 7.98. The van der Waals surface area contributed by atoms with Gasteiger partial charge in [0.05, 0.1) is 12.8 Å². The third kappa shape index (κ3) is 3.89. The lowest BCUT2D eigenvalue weighted by atomic mass is 10.2. The molecule has 1 aromatic carbocycles. The molecule has 21 heavy (non-hydrogen) atoms. The van der Waals surface area contributed by atoms with Gasteiger partial charge in [0.2, 0.25) is 6.79 Å². The second-order valence-corrected chi connectivity index (χ2v) is 6.02. The highest BCUT2D eigenvalue weighted by Crippen LogP contribution is 2.31. The third-order valence-electron chi connectivity index (χ3n) is 3.27. The molecule has 7 heteroatoms. The summed E-state index contributed by atoms with van der Waals surface area (Å²) in [4.78, 5) is 13.9. The number of nitrogens with one attached hydrogen (secondary N) is 1. The molecule has 0 bridgehead atoms. The van der Waals surface area contributed by atoms with Gasteiger partial charge in [0, 0.05) is 24.6 Å². The molecule has 1 fully saturated rings. The standard InChI is InChI=1S/C14H17N3O3S/c18-14(9-17-3-5-21-6-4-17)16-15-8-11-1-2-12-13(7-11)20-10-19-12/h1-2,7-8H,3-6,9-10H2,(H,16,18). The summed E-state index contributed by atoms with van der Waals surface area (Å²) in [6.07, 6.45) is 1.60. The summed E-state index contributed by atoms with van der Waals surface area (Å²) in [5, 5.41) is 3.98. The maximum absolute atomic E-state index is 11.8. The number of carbonyl (C=O) groups is 1. The van der Waals surface area contributed by atoms with Crippen molar-refractivity contribution >= 4 is 23.9 Å². The number of amides is 1. The summed E-state index contributed by atoms with van der Waals surface area (Å²) in [7, 11) is 0. The van der Waals surface area contributed by atoms with Gasteiger partial charge < -0.3 is 9.47 Å². The molecule has 3 rings (SSSR count). The Balaban J connectivity index is 1.48. The van der Waals surface area contributed by atoms with E-state index in [0.29, 0.717) is 12.3 Å². The van der Waals surface area contributed by atoms with E-state index in [1.165, 1.54) is 0 Å². The number of carbonyl (C=O) groups excluding carboxylic acids is 1. The van der Waals surface area contributed by atoms with E-state index in [1.807, 2.05) is 30.0 Å². The second kappa shape index (κ2) is 6.82. The highest BCUT2D eigenvalue weighted by atomic mass is 32.2. The van der Waals surface area contributed by atoms with Crippen molar-refractivity contribution in [1.82, 2.24) is 10.3 Å². The van der Waals surface area contributed by atoms with Crippen molar-refractivity contribution in [2.45, 2.75) is 0 Å². The number of hydrogen-bond donors (Lipinski definition) is 1. The molecule has 1 saturated heterocycles. The molecule has 2 aliphatic rings. The topological polar surface area (TPSA) is 63.2 Å². The Kier molecular flexibility index (Phi) is 4.62. The first kappa shape index (κ1) is 14.2. The molecule has 1 N–H and O–H groups in total. The van der Waals surface area contributed by atoms with Crippen molar-refractivity contribution in [2.75, 3.05) is 37.9 Å². The average molecular weight is 307 g/mol. The van der Waals surface area contributed by atoms with Gasteiger partial charge in [-0.05, 0) is 23.8 Å². The Labute approximate surface area is 127 Å². The van der Waals surface area contributed by atoms with E-state index in [0.717, 1.165) is 35.9 Å². The summed E-state index contributed by atoms with van der Waals surface area (Å²) >= 11 is 1.93. The number of hydrogen-bond acceptors (Lipinski definition) is 6. The van der Waals surface area contributed by atoms with Crippen molar-refractivity contribution in [1.29, 1.82) is 0 Å². The van der Waals surface area contributed by atoms with Gasteiger partial charge in [-0.15, -0.1) is 0 Å². The van der Waals surface area contributed by atoms with Crippen molar-refractivity contribution in [3.05, 3.63) is 23.8 Å². The highest BCUT2D eigenvalue weighted by molar-refractivity contribution is 7.99. The molecule has 0 radical (unpaired) electrons. The van der Waals surface area contributed by atoms with E-state index in [1.54, 1.807) is 6.21 Å². The number of hydrazone groups is 1. The van der Waals surface area contributed by atoms with E-state index < -0.39 is 0 Å². The lowest BCUT2D eigenvalue weighted by Gasteiger charge is -2.24. The molecule has 2 aliphatic heterocycles. The van der Waals surface area contributed by atoms with Gasteiger partial charge >= 0.3 is 0 Å². The van der Waals surface area contributed by atoms with Crippen molar-refractivity contribution in [3.63, 3.8) is 0 Å². The first-order valence-electron chi connectivity index (χ1n) is 6.83. The monoisotopic (exact) mass is 307 g/mol. The van der Waals surface area contributed by atoms with Gasteiger partial charge in [0.25, 0.3) is 5.91 Å². The molecular weight excluding hydrogens is 290 g/mol. The average Bonchev–Trinajstić information content (AvgIpc) is 2.96. The Morgan fingerprint density at radius 2 is 2.14 bits per heavy atom. The Bertz CT molecular complexity index is 544. The molecule has 0 aromatic heterocycles. The van der Waals surface area contributed by atoms with Gasteiger partial charge in [-0.25, -0.2) is 5.43 Å². The van der Waals surface area contributed by atoms with E-state index in [9.17, 15) is 4.79 Å². The Morgan fingerprint density at radius 3 is 3.00 bits per heavy atom. The lowest BCUT2D eigenvalue weighted by molar-refractivity contribution is -0.122. The van der Waals surface area contributed by atoms with E-state index in [2.05, 4.69) is 15.4 Å². The summed E-state index contributed by atoms with van der Waals surface area (Å²) in [5.41, 5.74) is 3.41. The first-order chi connectivity index (χ1) is 10.3. The fourth-order valence-electron chi connectivity index (χ4n) is 2.17. The maximum Gasteiger partial charge on any atom is 0.254 e. The Hall–Kier alpha value is -1.73. The van der Waals surface area contributed by atoms with Crippen LogP contribution >= 0.6 is 11.8 Å². The summed E-state index contributed by atoms with van der Waals surface area (Å²) in [6.45, 7) is 2.58. The van der Waals surface area contributed by atoms with Gasteiger partial charge in [-0.3, -0.25) is 9.69 Å². The van der Waals surface area contributed by atoms with Crippen LogP contribution < -0.4 is 14.9 Å². The number of rotatable bonds is 4. The highest BCUT2D eigenvalue weighted by Gasteiger charge is 2.14. The fraction of sp³-hybridized carbons (Fsp3) is 0.429. The van der Waals surface area contributed by atoms with E-state index in [4.69, 9.17) is 9.47 Å². The van der Waals surface area contributed by atoms with Crippen LogP contribution in [0, 0.1) is 0 Å². The molecule has 6 nitrogen and oxygen atoms in total. The number of nitrogens with zero attached hydrogens (tertiary/aromatic N) is 2.